The first-order chi connectivity index (χ1) is 11.9. The first kappa shape index (κ1) is 17.2. The van der Waals surface area contributed by atoms with Crippen molar-refractivity contribution >= 4 is 40.2 Å². The van der Waals surface area contributed by atoms with Gasteiger partial charge in [0.2, 0.25) is 11.8 Å². The van der Waals surface area contributed by atoms with E-state index >= 15 is 0 Å². The van der Waals surface area contributed by atoms with Crippen molar-refractivity contribution < 1.29 is 18.8 Å². The molecule has 1 aliphatic rings. The van der Waals surface area contributed by atoms with Gasteiger partial charge in [0.05, 0.1) is 5.69 Å². The third-order valence-electron chi connectivity index (χ3n) is 3.71. The summed E-state index contributed by atoms with van der Waals surface area (Å²) in [5, 5.41) is 1.45. The molecule has 1 unspecified atom stereocenters. The molecule has 1 N–H and O–H groups in total. The molecule has 1 fully saturated rings. The van der Waals surface area contributed by atoms with Gasteiger partial charge >= 0.3 is 0 Å². The van der Waals surface area contributed by atoms with Crippen molar-refractivity contribution in [2.75, 3.05) is 10.2 Å². The Labute approximate surface area is 148 Å². The topological polar surface area (TPSA) is 66.5 Å². The van der Waals surface area contributed by atoms with Crippen molar-refractivity contribution in [2.24, 2.45) is 0 Å². The second-order valence-corrected chi connectivity index (χ2v) is 6.79. The maximum atomic E-state index is 13.0. The Hall–Kier alpha value is -2.67. The molecular weight excluding hydrogens is 343 g/mol. The van der Waals surface area contributed by atoms with Gasteiger partial charge in [-0.15, -0.1) is 0 Å². The van der Waals surface area contributed by atoms with Crippen LogP contribution in [0.3, 0.4) is 0 Å². The number of hydrogen-bond acceptors (Lipinski definition) is 4. The quantitative estimate of drug-likeness (QED) is 0.904. The Morgan fingerprint density at radius 2 is 1.76 bits per heavy atom. The molecule has 0 bridgehead atoms. The van der Waals surface area contributed by atoms with Crippen LogP contribution >= 0.6 is 11.8 Å². The highest BCUT2D eigenvalue weighted by Gasteiger charge is 2.41. The van der Waals surface area contributed by atoms with Crippen LogP contribution in [-0.4, -0.2) is 22.3 Å². The number of amides is 3. The summed E-state index contributed by atoms with van der Waals surface area (Å²) in [5.74, 6) is -1.27. The fraction of sp³-hybridized carbons (Fsp3) is 0.167. The summed E-state index contributed by atoms with van der Waals surface area (Å²) in [7, 11) is 0. The molecule has 3 amide bonds. The van der Waals surface area contributed by atoms with Gasteiger partial charge in [-0.25, -0.2) is 9.29 Å². The summed E-state index contributed by atoms with van der Waals surface area (Å²) < 4.78 is 13.0. The normalized spacial score (nSPS) is 17.0. The summed E-state index contributed by atoms with van der Waals surface area (Å²) >= 11 is 0.805. The molecule has 3 rings (SSSR count). The highest BCUT2D eigenvalue weighted by atomic mass is 32.2. The van der Waals surface area contributed by atoms with Crippen molar-refractivity contribution in [2.45, 2.75) is 18.6 Å². The molecule has 2 aromatic rings. The standard InChI is InChI=1S/C18H15FN2O3S/c1-11-2-6-13(7-3-11)20-16(22)10-15-17(23)21(18(24)25-15)14-8-4-12(19)5-9-14/h2-9,15H,10H2,1H3,(H,20,22). The number of aryl methyl sites for hydroxylation is 1. The van der Waals surface area contributed by atoms with Crippen LogP contribution in [-0.2, 0) is 9.59 Å². The molecule has 0 aliphatic carbocycles. The van der Waals surface area contributed by atoms with Gasteiger partial charge in [0, 0.05) is 12.1 Å². The van der Waals surface area contributed by atoms with Crippen LogP contribution in [0.4, 0.5) is 20.6 Å². The van der Waals surface area contributed by atoms with E-state index in [0.29, 0.717) is 11.4 Å². The average molecular weight is 358 g/mol. The van der Waals surface area contributed by atoms with E-state index in [1.165, 1.54) is 24.3 Å². The minimum atomic E-state index is -0.789. The highest BCUT2D eigenvalue weighted by Crippen LogP contribution is 2.33. The third-order valence-corrected chi connectivity index (χ3v) is 4.75. The Morgan fingerprint density at radius 1 is 1.12 bits per heavy atom. The lowest BCUT2D eigenvalue weighted by Gasteiger charge is -2.13. The summed E-state index contributed by atoms with van der Waals surface area (Å²) in [6.07, 6.45) is -0.110. The van der Waals surface area contributed by atoms with E-state index in [1.807, 2.05) is 19.1 Å². The van der Waals surface area contributed by atoms with Crippen LogP contribution in [0.5, 0.6) is 0 Å². The molecule has 0 saturated carbocycles. The molecular formula is C18H15FN2O3S. The largest absolute Gasteiger partial charge is 0.326 e. The molecule has 7 heteroatoms. The maximum absolute atomic E-state index is 13.0. The predicted octanol–water partition coefficient (Wildman–Crippen LogP) is 3.73. The van der Waals surface area contributed by atoms with Crippen LogP contribution in [0.25, 0.3) is 0 Å². The number of hydrogen-bond donors (Lipinski definition) is 1. The van der Waals surface area contributed by atoms with Gasteiger partial charge in [0.15, 0.2) is 0 Å². The van der Waals surface area contributed by atoms with Gasteiger partial charge in [-0.05, 0) is 55.1 Å². The molecule has 2 aromatic carbocycles. The first-order valence-corrected chi connectivity index (χ1v) is 8.48. The van der Waals surface area contributed by atoms with Crippen molar-refractivity contribution in [1.29, 1.82) is 0 Å². The minimum Gasteiger partial charge on any atom is -0.326 e. The lowest BCUT2D eigenvalue weighted by Crippen LogP contribution is -2.32. The number of nitrogens with zero attached hydrogens (tertiary/aromatic N) is 1. The fourth-order valence-electron chi connectivity index (χ4n) is 2.43. The molecule has 0 spiro atoms. The molecule has 1 atom stereocenters. The van der Waals surface area contributed by atoms with Crippen molar-refractivity contribution in [3.05, 3.63) is 59.9 Å². The number of carbonyl (C=O) groups is 3. The van der Waals surface area contributed by atoms with Crippen LogP contribution in [0, 0.1) is 12.7 Å². The number of rotatable bonds is 4. The molecule has 25 heavy (non-hydrogen) atoms. The number of imide groups is 1. The lowest BCUT2D eigenvalue weighted by molar-refractivity contribution is -0.121. The van der Waals surface area contributed by atoms with Gasteiger partial charge in [-0.2, -0.15) is 0 Å². The van der Waals surface area contributed by atoms with E-state index in [9.17, 15) is 18.8 Å². The van der Waals surface area contributed by atoms with Gasteiger partial charge in [0.1, 0.15) is 11.1 Å². The van der Waals surface area contributed by atoms with Gasteiger partial charge in [-0.1, -0.05) is 17.7 Å². The SMILES string of the molecule is Cc1ccc(NC(=O)CC2SC(=O)N(c3ccc(F)cc3)C2=O)cc1. The van der Waals surface area contributed by atoms with Gasteiger partial charge in [0.25, 0.3) is 5.24 Å². The van der Waals surface area contributed by atoms with E-state index in [-0.39, 0.29) is 12.3 Å². The van der Waals surface area contributed by atoms with Crippen molar-refractivity contribution in [3.63, 3.8) is 0 Å². The van der Waals surface area contributed by atoms with Crippen molar-refractivity contribution in [3.8, 4) is 0 Å². The average Bonchev–Trinajstić information content (AvgIpc) is 2.84. The molecule has 0 radical (unpaired) electrons. The molecule has 128 valence electrons. The van der Waals surface area contributed by atoms with E-state index in [0.717, 1.165) is 22.2 Å². The van der Waals surface area contributed by atoms with Crippen LogP contribution in [0.15, 0.2) is 48.5 Å². The number of anilines is 2. The third kappa shape index (κ3) is 3.88. The Kier molecular flexibility index (Phi) is 4.85. The summed E-state index contributed by atoms with van der Waals surface area (Å²) in [4.78, 5) is 37.7. The highest BCUT2D eigenvalue weighted by molar-refractivity contribution is 8.15. The first-order valence-electron chi connectivity index (χ1n) is 7.61. The zero-order valence-electron chi connectivity index (χ0n) is 13.4. The Morgan fingerprint density at radius 3 is 2.40 bits per heavy atom. The fourth-order valence-corrected chi connectivity index (χ4v) is 3.41. The van der Waals surface area contributed by atoms with Crippen LogP contribution < -0.4 is 10.2 Å². The van der Waals surface area contributed by atoms with E-state index < -0.39 is 22.2 Å². The predicted molar refractivity (Wildman–Crippen MR) is 95.1 cm³/mol. The zero-order valence-corrected chi connectivity index (χ0v) is 14.2. The summed E-state index contributed by atoms with van der Waals surface area (Å²) in [5.41, 5.74) is 2.00. The zero-order chi connectivity index (χ0) is 18.0. The Bertz CT molecular complexity index is 821. The van der Waals surface area contributed by atoms with Gasteiger partial charge < -0.3 is 5.32 Å². The number of benzene rings is 2. The van der Waals surface area contributed by atoms with E-state index in [4.69, 9.17) is 0 Å². The molecule has 1 heterocycles. The van der Waals surface area contributed by atoms with Crippen LogP contribution in [0.2, 0.25) is 0 Å². The second kappa shape index (κ2) is 7.06. The van der Waals surface area contributed by atoms with Gasteiger partial charge in [-0.3, -0.25) is 14.4 Å². The molecule has 5 nitrogen and oxygen atoms in total. The molecule has 1 saturated heterocycles. The van der Waals surface area contributed by atoms with Crippen LogP contribution in [0.1, 0.15) is 12.0 Å². The Balaban J connectivity index is 1.66. The smallest absolute Gasteiger partial charge is 0.293 e. The maximum Gasteiger partial charge on any atom is 0.293 e. The van der Waals surface area contributed by atoms with E-state index in [1.54, 1.807) is 12.1 Å². The summed E-state index contributed by atoms with van der Waals surface area (Å²) in [6, 6.07) is 12.4. The molecule has 0 aromatic heterocycles. The second-order valence-electron chi connectivity index (χ2n) is 5.64. The number of halogens is 1. The summed E-state index contributed by atoms with van der Waals surface area (Å²) in [6.45, 7) is 1.94. The van der Waals surface area contributed by atoms with Crippen molar-refractivity contribution in [1.82, 2.24) is 0 Å². The monoisotopic (exact) mass is 358 g/mol. The van der Waals surface area contributed by atoms with E-state index in [2.05, 4.69) is 5.32 Å². The minimum absolute atomic E-state index is 0.110. The molecule has 1 aliphatic heterocycles. The lowest BCUT2D eigenvalue weighted by atomic mass is 10.2. The number of nitrogens with one attached hydrogen (secondary N) is 1. The number of carbonyl (C=O) groups excluding carboxylic acids is 3. The number of thioether (sulfide) groups is 1.